The Bertz CT molecular complexity index is 219. The lowest BCUT2D eigenvalue weighted by Gasteiger charge is -2.56. The van der Waals surface area contributed by atoms with Gasteiger partial charge in [0, 0.05) is 19.1 Å². The van der Waals surface area contributed by atoms with Crippen molar-refractivity contribution in [3.63, 3.8) is 0 Å². The third-order valence-corrected chi connectivity index (χ3v) is 4.85. The molecule has 2 nitrogen and oxygen atoms in total. The molecule has 0 amide bonds. The van der Waals surface area contributed by atoms with Crippen LogP contribution in [0.1, 0.15) is 51.4 Å². The minimum atomic E-state index is 0.0145. The topological polar surface area (TPSA) is 23.5 Å². The summed E-state index contributed by atoms with van der Waals surface area (Å²) in [5, 5.41) is 9.31. The Balaban J connectivity index is 1.51. The van der Waals surface area contributed by atoms with Crippen LogP contribution in [0.5, 0.6) is 0 Å². The molecular weight excluding hydrogens is 186 g/mol. The van der Waals surface area contributed by atoms with Gasteiger partial charge in [0.25, 0.3) is 0 Å². The smallest absolute Gasteiger partial charge is 0.0570 e. The quantitative estimate of drug-likeness (QED) is 0.715. The summed E-state index contributed by atoms with van der Waals surface area (Å²) in [7, 11) is 0. The molecule has 86 valence electrons. The lowest BCUT2D eigenvalue weighted by atomic mass is 9.71. The van der Waals surface area contributed by atoms with Gasteiger partial charge in [-0.05, 0) is 31.1 Å². The van der Waals surface area contributed by atoms with Crippen molar-refractivity contribution in [2.45, 2.75) is 63.5 Å². The van der Waals surface area contributed by atoms with Crippen LogP contribution in [0.15, 0.2) is 0 Å². The van der Waals surface area contributed by atoms with E-state index in [0.717, 1.165) is 18.9 Å². The molecule has 2 heteroatoms. The third-order valence-electron chi connectivity index (χ3n) is 4.85. The second kappa shape index (κ2) is 3.74. The van der Waals surface area contributed by atoms with Crippen LogP contribution in [0.4, 0.5) is 0 Å². The molecule has 0 bridgehead atoms. The largest absolute Gasteiger partial charge is 0.393 e. The van der Waals surface area contributed by atoms with Crippen molar-refractivity contribution >= 4 is 0 Å². The molecule has 0 atom stereocenters. The van der Waals surface area contributed by atoms with E-state index in [4.69, 9.17) is 0 Å². The fraction of sp³-hybridized carbons (Fsp3) is 1.00. The van der Waals surface area contributed by atoms with Crippen LogP contribution in [0, 0.1) is 5.41 Å². The molecule has 0 aromatic heterocycles. The fourth-order valence-electron chi connectivity index (χ4n) is 3.73. The number of rotatable bonds is 1. The van der Waals surface area contributed by atoms with Gasteiger partial charge in [0.05, 0.1) is 6.10 Å². The van der Waals surface area contributed by atoms with Gasteiger partial charge in [-0.15, -0.1) is 0 Å². The minimum absolute atomic E-state index is 0.0145. The highest BCUT2D eigenvalue weighted by atomic mass is 16.3. The van der Waals surface area contributed by atoms with Crippen molar-refractivity contribution in [1.82, 2.24) is 4.90 Å². The summed E-state index contributed by atoms with van der Waals surface area (Å²) in [5.74, 6) is 0. The zero-order chi connectivity index (χ0) is 10.3. The Morgan fingerprint density at radius 1 is 0.933 bits per heavy atom. The lowest BCUT2D eigenvalue weighted by Crippen LogP contribution is -2.63. The molecule has 2 saturated carbocycles. The Labute approximate surface area is 92.7 Å². The molecule has 3 rings (SSSR count). The molecule has 3 aliphatic rings. The maximum absolute atomic E-state index is 9.31. The molecule has 1 aliphatic heterocycles. The van der Waals surface area contributed by atoms with E-state index in [2.05, 4.69) is 4.90 Å². The summed E-state index contributed by atoms with van der Waals surface area (Å²) >= 11 is 0. The number of hydrogen-bond acceptors (Lipinski definition) is 2. The zero-order valence-electron chi connectivity index (χ0n) is 9.62. The van der Waals surface area contributed by atoms with Crippen molar-refractivity contribution in [2.75, 3.05) is 13.1 Å². The second-order valence-electron chi connectivity index (χ2n) is 6.10. The molecule has 15 heavy (non-hydrogen) atoms. The monoisotopic (exact) mass is 209 g/mol. The van der Waals surface area contributed by atoms with E-state index in [1.165, 1.54) is 51.6 Å². The maximum Gasteiger partial charge on any atom is 0.0570 e. The standard InChI is InChI=1S/C13H23NO/c15-12-7-11(8-12)14-9-13(10-14)5-3-1-2-4-6-13/h11-12,15H,1-10H2. The van der Waals surface area contributed by atoms with Crippen LogP contribution in [-0.2, 0) is 0 Å². The minimum Gasteiger partial charge on any atom is -0.393 e. The molecule has 0 radical (unpaired) electrons. The normalized spacial score (nSPS) is 40.6. The molecule has 1 saturated heterocycles. The van der Waals surface area contributed by atoms with Gasteiger partial charge in [0.1, 0.15) is 0 Å². The second-order valence-corrected chi connectivity index (χ2v) is 6.10. The number of hydrogen-bond donors (Lipinski definition) is 1. The van der Waals surface area contributed by atoms with Crippen LogP contribution in [0.25, 0.3) is 0 Å². The molecule has 0 aromatic carbocycles. The van der Waals surface area contributed by atoms with Crippen LogP contribution >= 0.6 is 0 Å². The van der Waals surface area contributed by atoms with Crippen molar-refractivity contribution in [1.29, 1.82) is 0 Å². The van der Waals surface area contributed by atoms with Gasteiger partial charge in [-0.3, -0.25) is 4.90 Å². The van der Waals surface area contributed by atoms with E-state index >= 15 is 0 Å². The predicted molar refractivity (Wildman–Crippen MR) is 60.7 cm³/mol. The van der Waals surface area contributed by atoms with E-state index in [-0.39, 0.29) is 6.10 Å². The maximum atomic E-state index is 9.31. The highest BCUT2D eigenvalue weighted by molar-refractivity contribution is 5.01. The molecule has 1 heterocycles. The molecule has 3 fully saturated rings. The van der Waals surface area contributed by atoms with Crippen LogP contribution in [0.3, 0.4) is 0 Å². The summed E-state index contributed by atoms with van der Waals surface area (Å²) in [4.78, 5) is 2.62. The summed E-state index contributed by atoms with van der Waals surface area (Å²) in [6.07, 6.45) is 10.9. The summed E-state index contributed by atoms with van der Waals surface area (Å²) in [6.45, 7) is 2.68. The van der Waals surface area contributed by atoms with Crippen LogP contribution < -0.4 is 0 Å². The lowest BCUT2D eigenvalue weighted by molar-refractivity contribution is -0.0952. The summed E-state index contributed by atoms with van der Waals surface area (Å²) in [6, 6.07) is 0.730. The highest BCUT2D eigenvalue weighted by Crippen LogP contribution is 2.45. The van der Waals surface area contributed by atoms with E-state index in [9.17, 15) is 5.11 Å². The predicted octanol–water partition coefficient (Wildman–Crippen LogP) is 2.17. The first-order chi connectivity index (χ1) is 7.27. The Kier molecular flexibility index (Phi) is 2.52. The van der Waals surface area contributed by atoms with E-state index in [0.29, 0.717) is 5.41 Å². The average molecular weight is 209 g/mol. The van der Waals surface area contributed by atoms with Crippen LogP contribution in [0.2, 0.25) is 0 Å². The third kappa shape index (κ3) is 1.83. The van der Waals surface area contributed by atoms with Crippen molar-refractivity contribution in [3.05, 3.63) is 0 Å². The SMILES string of the molecule is OC1CC(N2CC3(CCCCCC3)C2)C1. The number of aliphatic hydroxyl groups excluding tert-OH is 1. The molecule has 2 aliphatic carbocycles. The van der Waals surface area contributed by atoms with Crippen molar-refractivity contribution in [3.8, 4) is 0 Å². The molecule has 1 spiro atoms. The van der Waals surface area contributed by atoms with E-state index < -0.39 is 0 Å². The molecular formula is C13H23NO. The zero-order valence-corrected chi connectivity index (χ0v) is 9.62. The van der Waals surface area contributed by atoms with Crippen molar-refractivity contribution in [2.24, 2.45) is 5.41 Å². The van der Waals surface area contributed by atoms with Gasteiger partial charge in [-0.25, -0.2) is 0 Å². The Hall–Kier alpha value is -0.0800. The first-order valence-electron chi connectivity index (χ1n) is 6.70. The molecule has 1 N–H and O–H groups in total. The first-order valence-corrected chi connectivity index (χ1v) is 6.70. The number of nitrogens with zero attached hydrogens (tertiary/aromatic N) is 1. The van der Waals surface area contributed by atoms with E-state index in [1.54, 1.807) is 0 Å². The number of aliphatic hydroxyl groups is 1. The highest BCUT2D eigenvalue weighted by Gasteiger charge is 2.47. The van der Waals surface area contributed by atoms with E-state index in [1.807, 2.05) is 0 Å². The first kappa shape index (κ1) is 10.1. The van der Waals surface area contributed by atoms with Gasteiger partial charge in [-0.2, -0.15) is 0 Å². The van der Waals surface area contributed by atoms with Crippen LogP contribution in [-0.4, -0.2) is 35.2 Å². The van der Waals surface area contributed by atoms with Gasteiger partial charge in [-0.1, -0.05) is 25.7 Å². The van der Waals surface area contributed by atoms with Gasteiger partial charge in [0.2, 0.25) is 0 Å². The fourth-order valence-corrected chi connectivity index (χ4v) is 3.73. The Morgan fingerprint density at radius 3 is 2.07 bits per heavy atom. The average Bonchev–Trinajstić information content (AvgIpc) is 2.35. The Morgan fingerprint density at radius 2 is 1.53 bits per heavy atom. The summed E-state index contributed by atoms with van der Waals surface area (Å²) in [5.41, 5.74) is 0.705. The summed E-state index contributed by atoms with van der Waals surface area (Å²) < 4.78 is 0. The van der Waals surface area contributed by atoms with Gasteiger partial charge in [0.15, 0.2) is 0 Å². The van der Waals surface area contributed by atoms with Crippen molar-refractivity contribution < 1.29 is 5.11 Å². The number of likely N-dealkylation sites (tertiary alicyclic amines) is 1. The molecule has 0 aromatic rings. The van der Waals surface area contributed by atoms with Gasteiger partial charge < -0.3 is 5.11 Å². The molecule has 0 unspecified atom stereocenters. The van der Waals surface area contributed by atoms with Gasteiger partial charge >= 0.3 is 0 Å².